The summed E-state index contributed by atoms with van der Waals surface area (Å²) in [6.45, 7) is 10.7. The Morgan fingerprint density at radius 1 is 1.08 bits per heavy atom. The van der Waals surface area contributed by atoms with Gasteiger partial charge in [-0.1, -0.05) is 38.1 Å². The van der Waals surface area contributed by atoms with E-state index < -0.39 is 0 Å². The van der Waals surface area contributed by atoms with Gasteiger partial charge in [0.05, 0.1) is 0 Å². The molecule has 0 saturated heterocycles. The number of ether oxygens (including phenoxy) is 1. The van der Waals surface area contributed by atoms with E-state index in [-0.39, 0.29) is 11.4 Å². The van der Waals surface area contributed by atoms with Crippen LogP contribution in [0.15, 0.2) is 48.5 Å². The zero-order valence-corrected chi connectivity index (χ0v) is 15.2. The predicted molar refractivity (Wildman–Crippen MR) is 98.5 cm³/mol. The summed E-state index contributed by atoms with van der Waals surface area (Å²) in [5.74, 6) is 1.28. The highest BCUT2D eigenvalue weighted by Crippen LogP contribution is 2.19. The highest BCUT2D eigenvalue weighted by Gasteiger charge is 2.15. The second-order valence-corrected chi connectivity index (χ2v) is 7.42. The Kier molecular flexibility index (Phi) is 5.66. The first-order valence-electron chi connectivity index (χ1n) is 8.39. The van der Waals surface area contributed by atoms with Crippen LogP contribution in [0.1, 0.15) is 62.0 Å². The molecule has 3 nitrogen and oxygen atoms in total. The summed E-state index contributed by atoms with van der Waals surface area (Å²) >= 11 is 0. The molecule has 2 aromatic carbocycles. The maximum Gasteiger partial charge on any atom is 0.251 e. The number of benzene rings is 2. The van der Waals surface area contributed by atoms with E-state index in [1.54, 1.807) is 0 Å². The molecule has 0 aliphatic carbocycles. The van der Waals surface area contributed by atoms with Crippen molar-refractivity contribution in [3.05, 3.63) is 65.2 Å². The standard InChI is InChI=1S/C21H27NO2/c1-15(2)17-9-11-19(12-10-17)24-14-16-7-6-8-18(13-16)20(23)22-21(3,4)5/h6-13,15H,14H2,1-5H3,(H,22,23). The number of hydrogen-bond donors (Lipinski definition) is 1. The molecule has 128 valence electrons. The van der Waals surface area contributed by atoms with Gasteiger partial charge < -0.3 is 10.1 Å². The maximum atomic E-state index is 12.2. The van der Waals surface area contributed by atoms with E-state index in [1.165, 1.54) is 5.56 Å². The molecule has 0 aliphatic rings. The summed E-state index contributed by atoms with van der Waals surface area (Å²) in [5, 5.41) is 2.97. The van der Waals surface area contributed by atoms with Crippen LogP contribution >= 0.6 is 0 Å². The van der Waals surface area contributed by atoms with Crippen LogP contribution in [-0.4, -0.2) is 11.4 Å². The van der Waals surface area contributed by atoms with Crippen LogP contribution < -0.4 is 10.1 Å². The SMILES string of the molecule is CC(C)c1ccc(OCc2cccc(C(=O)NC(C)(C)C)c2)cc1. The molecule has 0 aliphatic heterocycles. The minimum absolute atomic E-state index is 0.0642. The van der Waals surface area contributed by atoms with Crippen LogP contribution in [0.5, 0.6) is 5.75 Å². The molecule has 0 heterocycles. The summed E-state index contributed by atoms with van der Waals surface area (Å²) in [7, 11) is 0. The van der Waals surface area contributed by atoms with Gasteiger partial charge in [0.2, 0.25) is 0 Å². The van der Waals surface area contributed by atoms with E-state index in [1.807, 2.05) is 57.2 Å². The average molecular weight is 325 g/mol. The molecule has 2 aromatic rings. The van der Waals surface area contributed by atoms with Crippen LogP contribution in [0.4, 0.5) is 0 Å². The largest absolute Gasteiger partial charge is 0.489 e. The molecule has 2 rings (SSSR count). The lowest BCUT2D eigenvalue weighted by Crippen LogP contribution is -2.40. The fraction of sp³-hybridized carbons (Fsp3) is 0.381. The first-order valence-corrected chi connectivity index (χ1v) is 8.39. The lowest BCUT2D eigenvalue weighted by Gasteiger charge is -2.20. The van der Waals surface area contributed by atoms with Gasteiger partial charge in [0.15, 0.2) is 0 Å². The van der Waals surface area contributed by atoms with E-state index in [2.05, 4.69) is 31.3 Å². The monoisotopic (exact) mass is 325 g/mol. The molecule has 0 aromatic heterocycles. The highest BCUT2D eigenvalue weighted by atomic mass is 16.5. The lowest BCUT2D eigenvalue weighted by molar-refractivity contribution is 0.0919. The fourth-order valence-electron chi connectivity index (χ4n) is 2.33. The first kappa shape index (κ1) is 18.1. The smallest absolute Gasteiger partial charge is 0.251 e. The number of rotatable bonds is 5. The molecule has 0 bridgehead atoms. The van der Waals surface area contributed by atoms with Gasteiger partial charge in [-0.2, -0.15) is 0 Å². The third-order valence-electron chi connectivity index (χ3n) is 3.63. The minimum Gasteiger partial charge on any atom is -0.489 e. The van der Waals surface area contributed by atoms with Crippen molar-refractivity contribution in [3.8, 4) is 5.75 Å². The van der Waals surface area contributed by atoms with E-state index in [0.717, 1.165) is 11.3 Å². The van der Waals surface area contributed by atoms with Gasteiger partial charge in [-0.15, -0.1) is 0 Å². The van der Waals surface area contributed by atoms with Gasteiger partial charge >= 0.3 is 0 Å². The van der Waals surface area contributed by atoms with Crippen LogP contribution in [-0.2, 0) is 6.61 Å². The number of nitrogens with one attached hydrogen (secondary N) is 1. The molecule has 0 spiro atoms. The zero-order valence-electron chi connectivity index (χ0n) is 15.2. The van der Waals surface area contributed by atoms with Crippen molar-refractivity contribution >= 4 is 5.91 Å². The van der Waals surface area contributed by atoms with E-state index in [4.69, 9.17) is 4.74 Å². The molecule has 24 heavy (non-hydrogen) atoms. The normalized spacial score (nSPS) is 11.4. The Hall–Kier alpha value is -2.29. The summed E-state index contributed by atoms with van der Waals surface area (Å²) < 4.78 is 5.83. The van der Waals surface area contributed by atoms with Crippen LogP contribution in [0.3, 0.4) is 0 Å². The quantitative estimate of drug-likeness (QED) is 0.847. The van der Waals surface area contributed by atoms with Gasteiger partial charge in [-0.25, -0.2) is 0 Å². The predicted octanol–water partition coefficient (Wildman–Crippen LogP) is 4.92. The van der Waals surface area contributed by atoms with Gasteiger partial charge in [-0.05, 0) is 62.1 Å². The highest BCUT2D eigenvalue weighted by molar-refractivity contribution is 5.94. The Balaban J connectivity index is 2.00. The van der Waals surface area contributed by atoms with E-state index >= 15 is 0 Å². The Labute approximate surface area is 145 Å². The van der Waals surface area contributed by atoms with Crippen molar-refractivity contribution in [2.45, 2.75) is 52.7 Å². The molecule has 0 unspecified atom stereocenters. The molecule has 3 heteroatoms. The number of carbonyl (C=O) groups excluding carboxylic acids is 1. The average Bonchev–Trinajstić information content (AvgIpc) is 2.52. The number of amides is 1. The molecular formula is C21H27NO2. The molecule has 1 amide bonds. The van der Waals surface area contributed by atoms with Crippen molar-refractivity contribution in [3.63, 3.8) is 0 Å². The fourth-order valence-corrected chi connectivity index (χ4v) is 2.33. The van der Waals surface area contributed by atoms with Gasteiger partial charge in [0.25, 0.3) is 5.91 Å². The number of hydrogen-bond acceptors (Lipinski definition) is 2. The van der Waals surface area contributed by atoms with Crippen molar-refractivity contribution in [1.82, 2.24) is 5.32 Å². The third-order valence-corrected chi connectivity index (χ3v) is 3.63. The maximum absolute atomic E-state index is 12.2. The molecule has 1 N–H and O–H groups in total. The van der Waals surface area contributed by atoms with Crippen LogP contribution in [0.25, 0.3) is 0 Å². The first-order chi connectivity index (χ1) is 11.2. The van der Waals surface area contributed by atoms with Crippen LogP contribution in [0.2, 0.25) is 0 Å². The summed E-state index contributed by atoms with van der Waals surface area (Å²) in [5.41, 5.74) is 2.68. The van der Waals surface area contributed by atoms with E-state index in [9.17, 15) is 4.79 Å². The van der Waals surface area contributed by atoms with Crippen molar-refractivity contribution in [1.29, 1.82) is 0 Å². The second kappa shape index (κ2) is 7.52. The molecular weight excluding hydrogens is 298 g/mol. The van der Waals surface area contributed by atoms with Gasteiger partial charge in [0, 0.05) is 11.1 Å². The summed E-state index contributed by atoms with van der Waals surface area (Å²) in [6, 6.07) is 15.7. The Bertz CT molecular complexity index is 682. The van der Waals surface area contributed by atoms with Crippen molar-refractivity contribution in [2.24, 2.45) is 0 Å². The van der Waals surface area contributed by atoms with Gasteiger partial charge in [0.1, 0.15) is 12.4 Å². The lowest BCUT2D eigenvalue weighted by atomic mass is 10.0. The Morgan fingerprint density at radius 2 is 1.75 bits per heavy atom. The Morgan fingerprint density at radius 3 is 2.33 bits per heavy atom. The molecule has 0 saturated carbocycles. The minimum atomic E-state index is -0.248. The molecule has 0 radical (unpaired) electrons. The van der Waals surface area contributed by atoms with Crippen molar-refractivity contribution in [2.75, 3.05) is 0 Å². The number of carbonyl (C=O) groups is 1. The summed E-state index contributed by atoms with van der Waals surface area (Å²) in [4.78, 5) is 12.2. The molecule has 0 fully saturated rings. The van der Waals surface area contributed by atoms with Crippen molar-refractivity contribution < 1.29 is 9.53 Å². The molecule has 0 atom stereocenters. The zero-order chi connectivity index (χ0) is 17.7. The second-order valence-electron chi connectivity index (χ2n) is 7.42. The topological polar surface area (TPSA) is 38.3 Å². The van der Waals surface area contributed by atoms with Crippen LogP contribution in [0, 0.1) is 0 Å². The van der Waals surface area contributed by atoms with Gasteiger partial charge in [-0.3, -0.25) is 4.79 Å². The summed E-state index contributed by atoms with van der Waals surface area (Å²) in [6.07, 6.45) is 0. The third kappa shape index (κ3) is 5.41. The van der Waals surface area contributed by atoms with E-state index in [0.29, 0.717) is 18.1 Å².